The molecule has 0 aliphatic carbocycles. The monoisotopic (exact) mass is 904 g/mol. The number of rotatable bonds is 8. The van der Waals surface area contributed by atoms with Crippen molar-refractivity contribution in [3.8, 4) is 50.2 Å². The predicted molar refractivity (Wildman–Crippen MR) is 299 cm³/mol. The van der Waals surface area contributed by atoms with Crippen LogP contribution in [0.1, 0.15) is 0 Å². The van der Waals surface area contributed by atoms with Crippen LogP contribution in [-0.4, -0.2) is 4.57 Å². The third kappa shape index (κ3) is 6.89. The minimum atomic E-state index is 0.895. The van der Waals surface area contributed by atoms with Gasteiger partial charge in [-0.2, -0.15) is 0 Å². The van der Waals surface area contributed by atoms with Crippen LogP contribution in [0.25, 0.3) is 115 Å². The Bertz CT molecular complexity index is 4260. The molecule has 0 amide bonds. The summed E-state index contributed by atoms with van der Waals surface area (Å²) >= 11 is 0. The second kappa shape index (κ2) is 16.7. The zero-order valence-electron chi connectivity index (χ0n) is 38.7. The second-order valence-corrected chi connectivity index (χ2v) is 18.4. The lowest BCUT2D eigenvalue weighted by Gasteiger charge is -2.28. The van der Waals surface area contributed by atoms with Crippen molar-refractivity contribution in [2.24, 2.45) is 0 Å². The van der Waals surface area contributed by atoms with E-state index < -0.39 is 0 Å². The molecule has 12 aromatic carbocycles. The molecule has 0 aliphatic heterocycles. The van der Waals surface area contributed by atoms with Gasteiger partial charge >= 0.3 is 0 Å². The molecule has 14 rings (SSSR count). The van der Waals surface area contributed by atoms with E-state index in [4.69, 9.17) is 4.42 Å². The van der Waals surface area contributed by atoms with Crippen molar-refractivity contribution >= 4 is 82.4 Å². The Balaban J connectivity index is 0.816. The van der Waals surface area contributed by atoms with Crippen molar-refractivity contribution in [3.63, 3.8) is 0 Å². The van der Waals surface area contributed by atoms with Crippen molar-refractivity contribution in [1.82, 2.24) is 4.57 Å². The lowest BCUT2D eigenvalue weighted by atomic mass is 9.95. The molecule has 71 heavy (non-hydrogen) atoms. The summed E-state index contributed by atoms with van der Waals surface area (Å²) in [5, 5.41) is 9.80. The van der Waals surface area contributed by atoms with E-state index in [0.29, 0.717) is 0 Å². The molecule has 0 radical (unpaired) electrons. The summed E-state index contributed by atoms with van der Waals surface area (Å²) in [5.41, 5.74) is 17.9. The molecular formula is C68H44N2O. The van der Waals surface area contributed by atoms with Gasteiger partial charge < -0.3 is 13.9 Å². The van der Waals surface area contributed by atoms with Gasteiger partial charge in [0.15, 0.2) is 0 Å². The normalized spacial score (nSPS) is 11.7. The molecular weight excluding hydrogens is 861 g/mol. The number of hydrogen-bond donors (Lipinski definition) is 0. The first-order valence-corrected chi connectivity index (χ1v) is 24.3. The van der Waals surface area contributed by atoms with Crippen LogP contribution in [0.15, 0.2) is 271 Å². The van der Waals surface area contributed by atoms with Crippen LogP contribution < -0.4 is 4.90 Å². The molecule has 3 heteroatoms. The van der Waals surface area contributed by atoms with Crippen molar-refractivity contribution in [3.05, 3.63) is 267 Å². The predicted octanol–water partition coefficient (Wildman–Crippen LogP) is 19.1. The maximum Gasteiger partial charge on any atom is 0.136 e. The van der Waals surface area contributed by atoms with Gasteiger partial charge in [-0.15, -0.1) is 0 Å². The fraction of sp³-hybridized carbons (Fsp3) is 0. The zero-order chi connectivity index (χ0) is 46.8. The Kier molecular flexibility index (Phi) is 9.53. The quantitative estimate of drug-likeness (QED) is 0.142. The minimum absolute atomic E-state index is 0.895. The fourth-order valence-corrected chi connectivity index (χ4v) is 11.0. The summed E-state index contributed by atoms with van der Waals surface area (Å²) in [6.45, 7) is 0. The highest BCUT2D eigenvalue weighted by molar-refractivity contribution is 6.13. The largest absolute Gasteiger partial charge is 0.456 e. The summed E-state index contributed by atoms with van der Waals surface area (Å²) in [7, 11) is 0. The van der Waals surface area contributed by atoms with E-state index in [9.17, 15) is 0 Å². The molecule has 0 bridgehead atoms. The summed E-state index contributed by atoms with van der Waals surface area (Å²) < 4.78 is 8.66. The maximum absolute atomic E-state index is 6.29. The lowest BCUT2D eigenvalue weighted by Crippen LogP contribution is -2.11. The molecule has 14 aromatic rings. The number of hydrogen-bond acceptors (Lipinski definition) is 2. The zero-order valence-corrected chi connectivity index (χ0v) is 38.7. The average Bonchev–Trinajstić information content (AvgIpc) is 4.00. The Morgan fingerprint density at radius 1 is 0.296 bits per heavy atom. The minimum Gasteiger partial charge on any atom is -0.456 e. The Labute approximate surface area is 411 Å². The van der Waals surface area contributed by atoms with Crippen LogP contribution in [0, 0.1) is 0 Å². The summed E-state index contributed by atoms with van der Waals surface area (Å²) in [4.78, 5) is 2.40. The van der Waals surface area contributed by atoms with Crippen molar-refractivity contribution in [2.45, 2.75) is 0 Å². The molecule has 2 heterocycles. The van der Waals surface area contributed by atoms with Gasteiger partial charge in [0.25, 0.3) is 0 Å². The topological polar surface area (TPSA) is 21.3 Å². The number of fused-ring (bicyclic) bond motifs is 9. The molecule has 0 unspecified atom stereocenters. The van der Waals surface area contributed by atoms with Gasteiger partial charge in [-0.05, 0) is 133 Å². The molecule has 0 N–H and O–H groups in total. The Morgan fingerprint density at radius 2 is 0.775 bits per heavy atom. The van der Waals surface area contributed by atoms with Gasteiger partial charge in [-0.25, -0.2) is 0 Å². The summed E-state index contributed by atoms with van der Waals surface area (Å²) in [5.74, 6) is 0. The standard InChI is InChI=1S/C68H44N2O/c1-2-13-56-49(12-1)28-29-51-44-52(36-43-57(51)56)58-14-3-7-19-63(58)69(54-41-34-50(35-42-54)59-18-11-23-67-68(59)62-17-6-10-22-66(62)71-67)53-37-30-47(31-38-53)45-24-26-46(27-25-45)48-32-39-55(40-33-48)70-64-20-8-4-15-60(64)61-16-5-9-21-65(61)70/h1-44H. The van der Waals surface area contributed by atoms with Gasteiger partial charge in [-0.3, -0.25) is 0 Å². The number of aromatic nitrogens is 1. The number of nitrogens with zero attached hydrogens (tertiary/aromatic N) is 2. The summed E-state index contributed by atoms with van der Waals surface area (Å²) in [6, 6.07) is 96.7. The fourth-order valence-electron chi connectivity index (χ4n) is 11.0. The number of furan rings is 1. The first kappa shape index (κ1) is 40.6. The molecule has 2 aromatic heterocycles. The molecule has 0 saturated carbocycles. The van der Waals surface area contributed by atoms with Crippen molar-refractivity contribution in [1.29, 1.82) is 0 Å². The van der Waals surface area contributed by atoms with E-state index >= 15 is 0 Å². The molecule has 0 spiro atoms. The smallest absolute Gasteiger partial charge is 0.136 e. The Hall–Kier alpha value is -9.44. The van der Waals surface area contributed by atoms with Crippen LogP contribution in [-0.2, 0) is 0 Å². The van der Waals surface area contributed by atoms with Gasteiger partial charge in [0, 0.05) is 44.2 Å². The highest BCUT2D eigenvalue weighted by atomic mass is 16.3. The van der Waals surface area contributed by atoms with E-state index in [1.54, 1.807) is 0 Å². The number of para-hydroxylation sites is 4. The van der Waals surface area contributed by atoms with Crippen molar-refractivity contribution < 1.29 is 4.42 Å². The number of benzene rings is 12. The third-order valence-corrected chi connectivity index (χ3v) is 14.4. The van der Waals surface area contributed by atoms with Gasteiger partial charge in [-0.1, -0.05) is 194 Å². The SMILES string of the molecule is c1ccc(N(c2ccc(-c3ccc(-c4ccc(-n5c6ccccc6c6ccccc65)cc4)cc3)cc2)c2ccc(-c3cccc4oc5ccccc5c34)cc2)c(-c2ccc3c(ccc4ccccc43)c2)c1. The van der Waals surface area contributed by atoms with Crippen LogP contribution in [0.4, 0.5) is 17.1 Å². The van der Waals surface area contributed by atoms with Crippen LogP contribution in [0.2, 0.25) is 0 Å². The molecule has 0 saturated heterocycles. The first-order valence-electron chi connectivity index (χ1n) is 24.3. The third-order valence-electron chi connectivity index (χ3n) is 14.4. The highest BCUT2D eigenvalue weighted by Crippen LogP contribution is 2.44. The van der Waals surface area contributed by atoms with Gasteiger partial charge in [0.1, 0.15) is 11.2 Å². The maximum atomic E-state index is 6.29. The van der Waals surface area contributed by atoms with E-state index in [0.717, 1.165) is 66.9 Å². The van der Waals surface area contributed by atoms with Crippen LogP contribution in [0.3, 0.4) is 0 Å². The second-order valence-electron chi connectivity index (χ2n) is 18.4. The molecule has 0 atom stereocenters. The van der Waals surface area contributed by atoms with Crippen molar-refractivity contribution in [2.75, 3.05) is 4.90 Å². The first-order chi connectivity index (χ1) is 35.2. The van der Waals surface area contributed by atoms with Gasteiger partial charge in [0.2, 0.25) is 0 Å². The molecule has 0 fully saturated rings. The van der Waals surface area contributed by atoms with Gasteiger partial charge in [0.05, 0.1) is 16.7 Å². The molecule has 0 aliphatic rings. The van der Waals surface area contributed by atoms with E-state index in [2.05, 4.69) is 264 Å². The summed E-state index contributed by atoms with van der Waals surface area (Å²) in [6.07, 6.45) is 0. The lowest BCUT2D eigenvalue weighted by molar-refractivity contribution is 0.669. The van der Waals surface area contributed by atoms with E-state index in [1.165, 1.54) is 65.6 Å². The Morgan fingerprint density at radius 3 is 1.46 bits per heavy atom. The highest BCUT2D eigenvalue weighted by Gasteiger charge is 2.20. The van der Waals surface area contributed by atoms with E-state index in [1.807, 2.05) is 12.1 Å². The average molecular weight is 905 g/mol. The molecule has 332 valence electrons. The van der Waals surface area contributed by atoms with E-state index in [-0.39, 0.29) is 0 Å². The van der Waals surface area contributed by atoms with Crippen LogP contribution in [0.5, 0.6) is 0 Å². The number of anilines is 3. The van der Waals surface area contributed by atoms with Crippen LogP contribution >= 0.6 is 0 Å². The molecule has 3 nitrogen and oxygen atoms in total.